The molecule has 2 N–H and O–H groups in total. The van der Waals surface area contributed by atoms with Crippen molar-refractivity contribution in [3.8, 4) is 0 Å². The molecule has 2 amide bonds. The van der Waals surface area contributed by atoms with Crippen molar-refractivity contribution in [1.29, 1.82) is 0 Å². The molecule has 0 radical (unpaired) electrons. The van der Waals surface area contributed by atoms with E-state index in [0.717, 1.165) is 0 Å². The van der Waals surface area contributed by atoms with E-state index in [0.29, 0.717) is 26.2 Å². The Morgan fingerprint density at radius 3 is 2.19 bits per heavy atom. The molecule has 0 spiro atoms. The minimum absolute atomic E-state index is 0.0320. The number of rotatable bonds is 3. The van der Waals surface area contributed by atoms with Gasteiger partial charge in [-0.2, -0.15) is 0 Å². The average Bonchev–Trinajstić information content (AvgIpc) is 2.28. The van der Waals surface area contributed by atoms with Gasteiger partial charge in [-0.15, -0.1) is 0 Å². The number of amides is 2. The van der Waals surface area contributed by atoms with E-state index in [-0.39, 0.29) is 18.4 Å². The van der Waals surface area contributed by atoms with Crippen molar-refractivity contribution >= 4 is 11.8 Å². The van der Waals surface area contributed by atoms with Crippen LogP contribution in [-0.2, 0) is 14.3 Å². The monoisotopic (exact) mass is 229 g/mol. The highest BCUT2D eigenvalue weighted by Crippen LogP contribution is 2.03. The second-order valence-corrected chi connectivity index (χ2v) is 3.93. The van der Waals surface area contributed by atoms with E-state index in [1.54, 1.807) is 16.7 Å². The highest BCUT2D eigenvalue weighted by atomic mass is 16.5. The van der Waals surface area contributed by atoms with E-state index in [9.17, 15) is 9.59 Å². The lowest BCUT2D eigenvalue weighted by molar-refractivity contribution is -0.142. The lowest BCUT2D eigenvalue weighted by Gasteiger charge is -2.35. The van der Waals surface area contributed by atoms with Crippen LogP contribution in [0.2, 0.25) is 0 Å². The van der Waals surface area contributed by atoms with Crippen LogP contribution in [0.15, 0.2) is 0 Å². The number of carbonyl (C=O) groups is 2. The van der Waals surface area contributed by atoms with Gasteiger partial charge >= 0.3 is 0 Å². The van der Waals surface area contributed by atoms with E-state index in [1.807, 2.05) is 0 Å². The second kappa shape index (κ2) is 5.81. The maximum atomic E-state index is 11.6. The van der Waals surface area contributed by atoms with Crippen LogP contribution in [0.25, 0.3) is 0 Å². The van der Waals surface area contributed by atoms with Gasteiger partial charge in [0, 0.05) is 33.3 Å². The Labute approximate surface area is 95.3 Å². The number of nitrogens with two attached hydrogens (primary N) is 1. The van der Waals surface area contributed by atoms with Crippen LogP contribution in [-0.4, -0.2) is 67.6 Å². The molecule has 1 fully saturated rings. The Bertz CT molecular complexity index is 260. The first-order chi connectivity index (χ1) is 7.56. The molecule has 1 saturated heterocycles. The molecule has 0 bridgehead atoms. The van der Waals surface area contributed by atoms with Crippen LogP contribution in [0.5, 0.6) is 0 Å². The number of piperazine rings is 1. The maximum absolute atomic E-state index is 11.6. The first-order valence-corrected chi connectivity index (χ1v) is 5.37. The van der Waals surface area contributed by atoms with Gasteiger partial charge in [-0.05, 0) is 6.92 Å². The van der Waals surface area contributed by atoms with Crippen LogP contribution in [0.1, 0.15) is 6.92 Å². The van der Waals surface area contributed by atoms with Gasteiger partial charge < -0.3 is 20.3 Å². The van der Waals surface area contributed by atoms with Gasteiger partial charge in [-0.25, -0.2) is 0 Å². The highest BCUT2D eigenvalue weighted by molar-refractivity contribution is 5.82. The second-order valence-electron chi connectivity index (χ2n) is 3.93. The van der Waals surface area contributed by atoms with E-state index in [2.05, 4.69) is 0 Å². The third-order valence-electron chi connectivity index (χ3n) is 2.60. The number of hydrogen-bond acceptors (Lipinski definition) is 4. The molecule has 1 aliphatic rings. The topological polar surface area (TPSA) is 75.9 Å². The molecule has 6 heteroatoms. The minimum atomic E-state index is -0.471. The molecule has 0 aliphatic carbocycles. The predicted molar refractivity (Wildman–Crippen MR) is 58.7 cm³/mol. The van der Waals surface area contributed by atoms with Crippen molar-refractivity contribution in [2.75, 3.05) is 39.9 Å². The minimum Gasteiger partial charge on any atom is -0.375 e. The Balaban J connectivity index is 2.39. The van der Waals surface area contributed by atoms with Gasteiger partial charge in [0.15, 0.2) is 0 Å². The Morgan fingerprint density at radius 1 is 1.25 bits per heavy atom. The first kappa shape index (κ1) is 12.9. The smallest absolute Gasteiger partial charge is 0.248 e. The summed E-state index contributed by atoms with van der Waals surface area (Å²) in [5.74, 6) is -0.0887. The van der Waals surface area contributed by atoms with Crippen LogP contribution >= 0.6 is 0 Å². The summed E-state index contributed by atoms with van der Waals surface area (Å²) in [6.07, 6.45) is 0. The number of nitrogens with zero attached hydrogens (tertiary/aromatic N) is 2. The van der Waals surface area contributed by atoms with Crippen molar-refractivity contribution in [3.63, 3.8) is 0 Å². The summed E-state index contributed by atoms with van der Waals surface area (Å²) in [5.41, 5.74) is 5.52. The number of ether oxygens (including phenoxy) is 1. The number of hydrogen-bond donors (Lipinski definition) is 1. The Kier molecular flexibility index (Phi) is 4.70. The van der Waals surface area contributed by atoms with E-state index in [4.69, 9.17) is 10.5 Å². The lowest BCUT2D eigenvalue weighted by Crippen LogP contribution is -2.54. The lowest BCUT2D eigenvalue weighted by atomic mass is 10.2. The van der Waals surface area contributed by atoms with Gasteiger partial charge in [0.25, 0.3) is 0 Å². The van der Waals surface area contributed by atoms with Gasteiger partial charge in [-0.1, -0.05) is 0 Å². The molecule has 1 atom stereocenters. The van der Waals surface area contributed by atoms with Crippen molar-refractivity contribution in [2.45, 2.75) is 13.0 Å². The van der Waals surface area contributed by atoms with Crippen molar-refractivity contribution in [2.24, 2.45) is 5.73 Å². The fraction of sp³-hybridized carbons (Fsp3) is 0.800. The summed E-state index contributed by atoms with van der Waals surface area (Å²) in [5, 5.41) is 0. The molecule has 16 heavy (non-hydrogen) atoms. The van der Waals surface area contributed by atoms with Gasteiger partial charge in [-0.3, -0.25) is 9.59 Å². The molecule has 92 valence electrons. The first-order valence-electron chi connectivity index (χ1n) is 5.37. The van der Waals surface area contributed by atoms with Crippen molar-refractivity contribution in [3.05, 3.63) is 0 Å². The van der Waals surface area contributed by atoms with Crippen molar-refractivity contribution < 1.29 is 14.3 Å². The van der Waals surface area contributed by atoms with E-state index >= 15 is 0 Å². The molecule has 0 unspecified atom stereocenters. The van der Waals surface area contributed by atoms with Crippen LogP contribution in [0.3, 0.4) is 0 Å². The highest BCUT2D eigenvalue weighted by Gasteiger charge is 2.25. The van der Waals surface area contributed by atoms with Crippen LogP contribution < -0.4 is 5.73 Å². The molecule has 1 heterocycles. The predicted octanol–water partition coefficient (Wildman–Crippen LogP) is -1.35. The zero-order chi connectivity index (χ0) is 12.1. The Hall–Kier alpha value is -1.14. The molecule has 1 aliphatic heterocycles. The fourth-order valence-electron chi connectivity index (χ4n) is 1.68. The number of methoxy groups -OCH3 is 1. The third-order valence-corrected chi connectivity index (χ3v) is 2.60. The zero-order valence-corrected chi connectivity index (χ0v) is 9.81. The number of carbonyl (C=O) groups excluding carboxylic acids is 2. The van der Waals surface area contributed by atoms with Gasteiger partial charge in [0.1, 0.15) is 6.61 Å². The largest absolute Gasteiger partial charge is 0.375 e. The molecule has 0 aromatic rings. The normalized spacial score (nSPS) is 18.4. The summed E-state index contributed by atoms with van der Waals surface area (Å²) in [6.45, 7) is 3.99. The average molecular weight is 229 g/mol. The third kappa shape index (κ3) is 3.18. The standard InChI is InChI=1S/C10H19N3O3/c1-8(11)10(15)13-5-3-12(4-6-13)9(14)7-16-2/h8H,3-7,11H2,1-2H3/t8-/m0/s1. The Morgan fingerprint density at radius 2 is 1.75 bits per heavy atom. The zero-order valence-electron chi connectivity index (χ0n) is 9.81. The molecule has 0 aromatic carbocycles. The maximum Gasteiger partial charge on any atom is 0.248 e. The summed E-state index contributed by atoms with van der Waals surface area (Å²) in [7, 11) is 1.49. The molecule has 6 nitrogen and oxygen atoms in total. The molecular weight excluding hydrogens is 210 g/mol. The van der Waals surface area contributed by atoms with Crippen LogP contribution in [0, 0.1) is 0 Å². The van der Waals surface area contributed by atoms with E-state index in [1.165, 1.54) is 7.11 Å². The molecule has 0 saturated carbocycles. The van der Waals surface area contributed by atoms with E-state index < -0.39 is 6.04 Å². The SMILES string of the molecule is COCC(=O)N1CCN(C(=O)[C@H](C)N)CC1. The van der Waals surface area contributed by atoms with Gasteiger partial charge in [0.05, 0.1) is 6.04 Å². The van der Waals surface area contributed by atoms with Gasteiger partial charge in [0.2, 0.25) is 11.8 Å². The fourth-order valence-corrected chi connectivity index (χ4v) is 1.68. The summed E-state index contributed by atoms with van der Waals surface area (Å²) in [4.78, 5) is 26.5. The molecule has 0 aromatic heterocycles. The molecule has 1 rings (SSSR count). The summed E-state index contributed by atoms with van der Waals surface area (Å²) in [6, 6.07) is -0.471. The summed E-state index contributed by atoms with van der Waals surface area (Å²) < 4.78 is 4.78. The quantitative estimate of drug-likeness (QED) is 0.649. The summed E-state index contributed by atoms with van der Waals surface area (Å²) >= 11 is 0. The van der Waals surface area contributed by atoms with Crippen LogP contribution in [0.4, 0.5) is 0 Å². The van der Waals surface area contributed by atoms with Crippen molar-refractivity contribution in [1.82, 2.24) is 9.80 Å². The molecular formula is C10H19N3O3.